The van der Waals surface area contributed by atoms with Crippen molar-refractivity contribution in [3.63, 3.8) is 0 Å². The minimum absolute atomic E-state index is 0.0162. The molecule has 0 saturated heterocycles. The molecule has 0 unspecified atom stereocenters. The van der Waals surface area contributed by atoms with Gasteiger partial charge in [-0.3, -0.25) is 9.59 Å². The Kier molecular flexibility index (Phi) is 7.37. The maximum absolute atomic E-state index is 13.3. The fraction of sp³-hybridized carbons (Fsp3) is 0.429. The fourth-order valence-electron chi connectivity index (χ4n) is 3.22. The van der Waals surface area contributed by atoms with Crippen molar-refractivity contribution in [2.75, 3.05) is 6.54 Å². The van der Waals surface area contributed by atoms with Crippen molar-refractivity contribution < 1.29 is 22.4 Å². The zero-order valence-electron chi connectivity index (χ0n) is 17.5. The standard InChI is InChI=1S/C21H28N2O5S/c1-15(2)23(16(3)4)21(25)14-22(13-19-7-6-12-28-19)29(26,27)20-10-8-18(9-11-20)17(5)24/h6-12,15-16H,13-14H2,1-5H3. The summed E-state index contributed by atoms with van der Waals surface area (Å²) in [4.78, 5) is 26.1. The van der Waals surface area contributed by atoms with Crippen LogP contribution in [0.25, 0.3) is 0 Å². The molecular weight excluding hydrogens is 392 g/mol. The lowest BCUT2D eigenvalue weighted by atomic mass is 10.2. The Hall–Kier alpha value is -2.45. The van der Waals surface area contributed by atoms with Crippen LogP contribution in [-0.4, -0.2) is 47.9 Å². The first kappa shape index (κ1) is 22.8. The number of sulfonamides is 1. The molecule has 2 rings (SSSR count). The molecule has 0 atom stereocenters. The van der Waals surface area contributed by atoms with Crippen LogP contribution in [0.3, 0.4) is 0 Å². The average molecular weight is 421 g/mol. The number of benzene rings is 1. The number of carbonyl (C=O) groups excluding carboxylic acids is 2. The highest BCUT2D eigenvalue weighted by molar-refractivity contribution is 7.89. The number of rotatable bonds is 9. The maximum atomic E-state index is 13.3. The number of furan rings is 1. The average Bonchev–Trinajstić information content (AvgIpc) is 3.13. The highest BCUT2D eigenvalue weighted by Crippen LogP contribution is 2.20. The van der Waals surface area contributed by atoms with E-state index in [4.69, 9.17) is 4.42 Å². The summed E-state index contributed by atoms with van der Waals surface area (Å²) in [5.41, 5.74) is 0.420. The van der Waals surface area contributed by atoms with Crippen molar-refractivity contribution >= 4 is 21.7 Å². The number of hydrogen-bond acceptors (Lipinski definition) is 5. The Labute approximate surface area is 172 Å². The summed E-state index contributed by atoms with van der Waals surface area (Å²) in [5.74, 6) is -0.00561. The summed E-state index contributed by atoms with van der Waals surface area (Å²) >= 11 is 0. The molecule has 0 aliphatic heterocycles. The predicted octanol–water partition coefficient (Wildman–Crippen LogP) is 3.32. The highest BCUT2D eigenvalue weighted by atomic mass is 32.2. The van der Waals surface area contributed by atoms with Crippen molar-refractivity contribution in [2.24, 2.45) is 0 Å². The molecule has 29 heavy (non-hydrogen) atoms. The summed E-state index contributed by atoms with van der Waals surface area (Å²) in [6, 6.07) is 8.90. The lowest BCUT2D eigenvalue weighted by molar-refractivity contribution is -0.135. The molecule has 158 valence electrons. The van der Waals surface area contributed by atoms with E-state index in [0.29, 0.717) is 11.3 Å². The molecule has 0 radical (unpaired) electrons. The molecule has 0 saturated carbocycles. The van der Waals surface area contributed by atoms with Gasteiger partial charge in [-0.1, -0.05) is 12.1 Å². The topological polar surface area (TPSA) is 87.9 Å². The van der Waals surface area contributed by atoms with E-state index >= 15 is 0 Å². The quantitative estimate of drug-likeness (QED) is 0.581. The van der Waals surface area contributed by atoms with Crippen molar-refractivity contribution in [1.82, 2.24) is 9.21 Å². The van der Waals surface area contributed by atoms with Gasteiger partial charge in [-0.05, 0) is 58.9 Å². The molecule has 1 heterocycles. The second-order valence-corrected chi connectivity index (χ2v) is 9.36. The van der Waals surface area contributed by atoms with Gasteiger partial charge in [-0.15, -0.1) is 0 Å². The van der Waals surface area contributed by atoms with E-state index in [9.17, 15) is 18.0 Å². The Morgan fingerprint density at radius 2 is 1.59 bits per heavy atom. The van der Waals surface area contributed by atoms with Crippen LogP contribution < -0.4 is 0 Å². The van der Waals surface area contributed by atoms with Gasteiger partial charge in [0.1, 0.15) is 5.76 Å². The molecule has 7 nitrogen and oxygen atoms in total. The smallest absolute Gasteiger partial charge is 0.243 e. The fourth-order valence-corrected chi connectivity index (χ4v) is 4.57. The van der Waals surface area contributed by atoms with Crippen LogP contribution in [0.2, 0.25) is 0 Å². The van der Waals surface area contributed by atoms with E-state index < -0.39 is 10.0 Å². The molecule has 0 fully saturated rings. The van der Waals surface area contributed by atoms with Gasteiger partial charge in [-0.25, -0.2) is 8.42 Å². The van der Waals surface area contributed by atoms with Crippen LogP contribution in [0, 0.1) is 0 Å². The summed E-state index contributed by atoms with van der Waals surface area (Å²) in [5, 5.41) is 0. The predicted molar refractivity (Wildman–Crippen MR) is 110 cm³/mol. The van der Waals surface area contributed by atoms with Crippen LogP contribution in [0.15, 0.2) is 52.0 Å². The molecule has 0 bridgehead atoms. The molecule has 8 heteroatoms. The normalized spacial score (nSPS) is 12.0. The van der Waals surface area contributed by atoms with Crippen LogP contribution in [0.1, 0.15) is 50.7 Å². The zero-order valence-corrected chi connectivity index (χ0v) is 18.3. The van der Waals surface area contributed by atoms with Crippen LogP contribution in [0.4, 0.5) is 0 Å². The van der Waals surface area contributed by atoms with Crippen molar-refractivity contribution in [3.05, 3.63) is 54.0 Å². The summed E-state index contributed by atoms with van der Waals surface area (Å²) in [7, 11) is -3.99. The van der Waals surface area contributed by atoms with Gasteiger partial charge >= 0.3 is 0 Å². The Bertz CT molecular complexity index is 924. The van der Waals surface area contributed by atoms with E-state index in [0.717, 1.165) is 4.31 Å². The molecule has 0 aliphatic carbocycles. The summed E-state index contributed by atoms with van der Waals surface area (Å²) < 4.78 is 32.9. The van der Waals surface area contributed by atoms with Gasteiger partial charge in [0, 0.05) is 17.6 Å². The lowest BCUT2D eigenvalue weighted by Gasteiger charge is -2.32. The van der Waals surface area contributed by atoms with Crippen molar-refractivity contribution in [3.8, 4) is 0 Å². The first-order valence-corrected chi connectivity index (χ1v) is 10.9. The first-order chi connectivity index (χ1) is 13.5. The molecule has 1 amide bonds. The molecule has 2 aromatic rings. The van der Waals surface area contributed by atoms with Gasteiger partial charge < -0.3 is 9.32 Å². The van der Waals surface area contributed by atoms with Crippen LogP contribution in [-0.2, 0) is 21.4 Å². The molecule has 0 spiro atoms. The number of ketones is 1. The van der Waals surface area contributed by atoms with E-state index in [1.807, 2.05) is 27.7 Å². The van der Waals surface area contributed by atoms with E-state index in [1.54, 1.807) is 17.0 Å². The second-order valence-electron chi connectivity index (χ2n) is 7.42. The van der Waals surface area contributed by atoms with Crippen LogP contribution >= 0.6 is 0 Å². The van der Waals surface area contributed by atoms with E-state index in [2.05, 4.69) is 0 Å². The van der Waals surface area contributed by atoms with Crippen LogP contribution in [0.5, 0.6) is 0 Å². The summed E-state index contributed by atoms with van der Waals surface area (Å²) in [6.07, 6.45) is 1.46. The monoisotopic (exact) mass is 420 g/mol. The molecule has 1 aromatic carbocycles. The van der Waals surface area contributed by atoms with Gasteiger partial charge in [0.15, 0.2) is 5.78 Å². The summed E-state index contributed by atoms with van der Waals surface area (Å²) in [6.45, 7) is 8.60. The van der Waals surface area contributed by atoms with Gasteiger partial charge in [0.05, 0.1) is 24.2 Å². The molecule has 0 N–H and O–H groups in total. The Balaban J connectivity index is 2.38. The van der Waals surface area contributed by atoms with Gasteiger partial charge in [-0.2, -0.15) is 4.31 Å². The third-order valence-corrected chi connectivity index (χ3v) is 6.33. The minimum atomic E-state index is -3.99. The molecule has 1 aromatic heterocycles. The largest absolute Gasteiger partial charge is 0.468 e. The number of amides is 1. The third-order valence-electron chi connectivity index (χ3n) is 4.52. The number of carbonyl (C=O) groups is 2. The zero-order chi connectivity index (χ0) is 21.8. The number of hydrogen-bond donors (Lipinski definition) is 0. The first-order valence-electron chi connectivity index (χ1n) is 9.48. The number of Topliss-reactive ketones (excluding diaryl/α,β-unsaturated/α-hetero) is 1. The SMILES string of the molecule is CC(=O)c1ccc(S(=O)(=O)N(CC(=O)N(C(C)C)C(C)C)Cc2ccco2)cc1. The third kappa shape index (κ3) is 5.55. The molecular formula is C21H28N2O5S. The van der Waals surface area contributed by atoms with Gasteiger partial charge in [0.25, 0.3) is 0 Å². The maximum Gasteiger partial charge on any atom is 0.243 e. The highest BCUT2D eigenvalue weighted by Gasteiger charge is 2.31. The Morgan fingerprint density at radius 3 is 2.03 bits per heavy atom. The second kappa shape index (κ2) is 9.37. The minimum Gasteiger partial charge on any atom is -0.468 e. The van der Waals surface area contributed by atoms with E-state index in [1.165, 1.54) is 37.5 Å². The Morgan fingerprint density at radius 1 is 1.00 bits per heavy atom. The lowest BCUT2D eigenvalue weighted by Crippen LogP contribution is -2.48. The van der Waals surface area contributed by atoms with Crippen molar-refractivity contribution in [2.45, 2.75) is 58.1 Å². The molecule has 0 aliphatic rings. The van der Waals surface area contributed by atoms with Crippen molar-refractivity contribution in [1.29, 1.82) is 0 Å². The van der Waals surface area contributed by atoms with E-state index in [-0.39, 0.29) is 41.8 Å². The number of nitrogens with zero attached hydrogens (tertiary/aromatic N) is 2. The van der Waals surface area contributed by atoms with Gasteiger partial charge in [0.2, 0.25) is 15.9 Å².